The van der Waals surface area contributed by atoms with Crippen LogP contribution in [0.25, 0.3) is 0 Å². The molecule has 0 aromatic carbocycles. The van der Waals surface area contributed by atoms with E-state index in [-0.39, 0.29) is 18.4 Å². The van der Waals surface area contributed by atoms with Crippen LogP contribution >= 0.6 is 0 Å². The van der Waals surface area contributed by atoms with Crippen molar-refractivity contribution >= 4 is 11.9 Å². The lowest BCUT2D eigenvalue weighted by Gasteiger charge is -2.24. The Balaban J connectivity index is 4.30. The highest BCUT2D eigenvalue weighted by Crippen LogP contribution is 2.08. The number of carbonyl (C=O) groups excluding carboxylic acids is 2. The predicted octanol–water partition coefficient (Wildman–Crippen LogP) is 5.24. The summed E-state index contributed by atoms with van der Waals surface area (Å²) >= 11 is 0. The summed E-state index contributed by atoms with van der Waals surface area (Å²) in [7, 11) is 6.43. The molecule has 0 saturated heterocycles. The fourth-order valence-electron chi connectivity index (χ4n) is 3.52. The van der Waals surface area contributed by atoms with Crippen molar-refractivity contribution in [2.75, 3.05) is 47.4 Å². The molecular formula is C26H53N2O4+. The van der Waals surface area contributed by atoms with Crippen LogP contribution in [0.1, 0.15) is 104 Å². The minimum absolute atomic E-state index is 0.0372. The van der Waals surface area contributed by atoms with E-state index in [9.17, 15) is 9.59 Å². The SMILES string of the molecule is CCCCCCCCOC(=O)CC(NCCC[N+](C)(C)C)C(=O)OCCCCCCCC. The van der Waals surface area contributed by atoms with Gasteiger partial charge in [0, 0.05) is 13.0 Å². The van der Waals surface area contributed by atoms with E-state index in [4.69, 9.17) is 9.47 Å². The van der Waals surface area contributed by atoms with Crippen LogP contribution in [0.15, 0.2) is 0 Å². The zero-order valence-electron chi connectivity index (χ0n) is 21.9. The van der Waals surface area contributed by atoms with Gasteiger partial charge in [0.15, 0.2) is 0 Å². The Morgan fingerprint density at radius 3 is 1.75 bits per heavy atom. The van der Waals surface area contributed by atoms with Crippen molar-refractivity contribution in [3.63, 3.8) is 0 Å². The van der Waals surface area contributed by atoms with Crippen LogP contribution in [0.5, 0.6) is 0 Å². The van der Waals surface area contributed by atoms with Gasteiger partial charge in [-0.2, -0.15) is 0 Å². The Morgan fingerprint density at radius 1 is 0.719 bits per heavy atom. The normalized spacial score (nSPS) is 12.5. The molecule has 0 saturated carbocycles. The van der Waals surface area contributed by atoms with E-state index >= 15 is 0 Å². The molecule has 0 aliphatic carbocycles. The van der Waals surface area contributed by atoms with Crippen LogP contribution in [0.3, 0.4) is 0 Å². The fraction of sp³-hybridized carbons (Fsp3) is 0.923. The van der Waals surface area contributed by atoms with Gasteiger partial charge in [-0.05, 0) is 12.8 Å². The maximum atomic E-state index is 12.6. The molecule has 6 heteroatoms. The van der Waals surface area contributed by atoms with Crippen molar-refractivity contribution in [2.45, 2.75) is 110 Å². The minimum Gasteiger partial charge on any atom is -0.466 e. The van der Waals surface area contributed by atoms with E-state index in [1.807, 2.05) is 0 Å². The number of unbranched alkanes of at least 4 members (excludes halogenated alkanes) is 10. The van der Waals surface area contributed by atoms with Crippen LogP contribution in [0.2, 0.25) is 0 Å². The van der Waals surface area contributed by atoms with Gasteiger partial charge in [0.2, 0.25) is 0 Å². The molecular weight excluding hydrogens is 404 g/mol. The molecule has 1 N–H and O–H groups in total. The Labute approximate surface area is 198 Å². The second kappa shape index (κ2) is 20.5. The molecule has 32 heavy (non-hydrogen) atoms. The lowest BCUT2D eigenvalue weighted by atomic mass is 10.1. The summed E-state index contributed by atoms with van der Waals surface area (Å²) < 4.78 is 11.7. The van der Waals surface area contributed by atoms with Crippen LogP contribution in [0, 0.1) is 0 Å². The van der Waals surface area contributed by atoms with Gasteiger partial charge in [-0.1, -0.05) is 78.1 Å². The maximum Gasteiger partial charge on any atom is 0.323 e. The Hall–Kier alpha value is -1.14. The summed E-state index contributed by atoms with van der Waals surface area (Å²) in [5.41, 5.74) is 0. The highest BCUT2D eigenvalue weighted by molar-refractivity contribution is 5.82. The molecule has 0 spiro atoms. The molecule has 0 aromatic heterocycles. The Kier molecular flexibility index (Phi) is 19.7. The van der Waals surface area contributed by atoms with E-state index in [1.165, 1.54) is 51.4 Å². The number of carbonyl (C=O) groups is 2. The molecule has 0 amide bonds. The highest BCUT2D eigenvalue weighted by Gasteiger charge is 2.24. The largest absolute Gasteiger partial charge is 0.466 e. The second-order valence-corrected chi connectivity index (χ2v) is 10.0. The number of ether oxygens (including phenoxy) is 2. The minimum atomic E-state index is -0.625. The first kappa shape index (κ1) is 30.9. The number of hydrogen-bond acceptors (Lipinski definition) is 5. The van der Waals surface area contributed by atoms with E-state index in [1.54, 1.807) is 0 Å². The molecule has 1 unspecified atom stereocenters. The van der Waals surface area contributed by atoms with Crippen LogP contribution in [0.4, 0.5) is 0 Å². The topological polar surface area (TPSA) is 64.6 Å². The average Bonchev–Trinajstić information content (AvgIpc) is 2.73. The molecule has 0 aliphatic heterocycles. The van der Waals surface area contributed by atoms with Gasteiger partial charge in [0.25, 0.3) is 0 Å². The van der Waals surface area contributed by atoms with Gasteiger partial charge in [-0.15, -0.1) is 0 Å². The molecule has 0 fully saturated rings. The van der Waals surface area contributed by atoms with Gasteiger partial charge in [-0.3, -0.25) is 9.59 Å². The van der Waals surface area contributed by atoms with Crippen molar-refractivity contribution in [1.82, 2.24) is 5.32 Å². The average molecular weight is 458 g/mol. The molecule has 190 valence electrons. The standard InChI is InChI=1S/C26H53N2O4/c1-6-8-10-12-14-16-21-31-25(29)23-24(27-19-18-20-28(3,4)5)26(30)32-22-17-15-13-11-9-7-2/h24,27H,6-23H2,1-5H3/q+1. The van der Waals surface area contributed by atoms with Crippen molar-refractivity contribution in [2.24, 2.45) is 0 Å². The van der Waals surface area contributed by atoms with Crippen molar-refractivity contribution in [3.8, 4) is 0 Å². The molecule has 0 radical (unpaired) electrons. The Morgan fingerprint density at radius 2 is 1.22 bits per heavy atom. The summed E-state index contributed by atoms with van der Waals surface area (Å²) in [5, 5.41) is 3.23. The van der Waals surface area contributed by atoms with Crippen molar-refractivity contribution in [1.29, 1.82) is 0 Å². The number of nitrogens with one attached hydrogen (secondary N) is 1. The predicted molar refractivity (Wildman–Crippen MR) is 133 cm³/mol. The summed E-state index contributed by atoms with van der Waals surface area (Å²) in [6, 6.07) is -0.625. The lowest BCUT2D eigenvalue weighted by Crippen LogP contribution is -2.42. The molecule has 0 aliphatic rings. The van der Waals surface area contributed by atoms with Crippen molar-refractivity contribution < 1.29 is 23.5 Å². The lowest BCUT2D eigenvalue weighted by molar-refractivity contribution is -0.870. The first-order valence-electron chi connectivity index (χ1n) is 13.2. The smallest absolute Gasteiger partial charge is 0.323 e. The Bertz CT molecular complexity index is 463. The molecule has 1 atom stereocenters. The third-order valence-electron chi connectivity index (χ3n) is 5.55. The van der Waals surface area contributed by atoms with Crippen molar-refractivity contribution in [3.05, 3.63) is 0 Å². The number of esters is 2. The van der Waals surface area contributed by atoms with E-state index in [0.29, 0.717) is 19.8 Å². The second-order valence-electron chi connectivity index (χ2n) is 10.0. The van der Waals surface area contributed by atoms with E-state index in [0.717, 1.165) is 43.1 Å². The first-order chi connectivity index (χ1) is 15.3. The monoisotopic (exact) mass is 457 g/mol. The van der Waals surface area contributed by atoms with E-state index in [2.05, 4.69) is 40.3 Å². The third kappa shape index (κ3) is 20.7. The highest BCUT2D eigenvalue weighted by atomic mass is 16.5. The first-order valence-corrected chi connectivity index (χ1v) is 13.2. The molecule has 0 rings (SSSR count). The summed E-state index contributed by atoms with van der Waals surface area (Å²) in [6.07, 6.45) is 14.7. The molecule has 0 bridgehead atoms. The quantitative estimate of drug-likeness (QED) is 0.137. The maximum absolute atomic E-state index is 12.6. The van der Waals surface area contributed by atoms with Gasteiger partial charge >= 0.3 is 11.9 Å². The van der Waals surface area contributed by atoms with E-state index < -0.39 is 6.04 Å². The van der Waals surface area contributed by atoms with Crippen LogP contribution < -0.4 is 5.32 Å². The number of quaternary nitrogens is 1. The van der Waals surface area contributed by atoms with Gasteiger partial charge in [-0.25, -0.2) is 0 Å². The molecule has 0 heterocycles. The van der Waals surface area contributed by atoms with Crippen LogP contribution in [-0.2, 0) is 19.1 Å². The third-order valence-corrected chi connectivity index (χ3v) is 5.55. The van der Waals surface area contributed by atoms with Crippen LogP contribution in [-0.4, -0.2) is 69.9 Å². The number of rotatable bonds is 22. The zero-order valence-corrected chi connectivity index (χ0v) is 21.9. The summed E-state index contributed by atoms with van der Waals surface area (Å²) in [5.74, 6) is -0.653. The number of nitrogens with zero attached hydrogens (tertiary/aromatic N) is 1. The molecule has 0 aromatic rings. The fourth-order valence-corrected chi connectivity index (χ4v) is 3.52. The van der Waals surface area contributed by atoms with Gasteiger partial charge < -0.3 is 19.3 Å². The number of hydrogen-bond donors (Lipinski definition) is 1. The molecule has 6 nitrogen and oxygen atoms in total. The summed E-state index contributed by atoms with van der Waals surface area (Å²) in [6.45, 7) is 6.94. The summed E-state index contributed by atoms with van der Waals surface area (Å²) in [4.78, 5) is 24.9. The van der Waals surface area contributed by atoms with Gasteiger partial charge in [0.05, 0.1) is 47.3 Å². The van der Waals surface area contributed by atoms with Gasteiger partial charge in [0.1, 0.15) is 6.04 Å². The zero-order chi connectivity index (χ0) is 24.1.